The molecule has 0 aliphatic rings. The van der Waals surface area contributed by atoms with Crippen molar-refractivity contribution in [2.45, 2.75) is 26.2 Å². The minimum absolute atomic E-state index is 0.0123. The summed E-state index contributed by atoms with van der Waals surface area (Å²) in [6.07, 6.45) is 2.33. The lowest BCUT2D eigenvalue weighted by atomic mass is 10.1. The standard InChI is InChI=1S/C11H12BrFO/c1-2-3-4-11(14)8-5-6-9(12)10(13)7-8/h5-7H,2-4H2,1H3. The molecular weight excluding hydrogens is 247 g/mol. The Morgan fingerprint density at radius 3 is 2.79 bits per heavy atom. The van der Waals surface area contributed by atoms with E-state index >= 15 is 0 Å². The largest absolute Gasteiger partial charge is 0.294 e. The van der Waals surface area contributed by atoms with E-state index in [1.807, 2.05) is 6.92 Å². The number of carbonyl (C=O) groups is 1. The smallest absolute Gasteiger partial charge is 0.162 e. The summed E-state index contributed by atoms with van der Waals surface area (Å²) >= 11 is 3.04. The quantitative estimate of drug-likeness (QED) is 0.748. The lowest BCUT2D eigenvalue weighted by molar-refractivity contribution is 0.0979. The molecule has 3 heteroatoms. The van der Waals surface area contributed by atoms with Crippen molar-refractivity contribution in [1.29, 1.82) is 0 Å². The zero-order valence-corrected chi connectivity index (χ0v) is 9.60. The van der Waals surface area contributed by atoms with Crippen LogP contribution in [0.25, 0.3) is 0 Å². The SMILES string of the molecule is CCCCC(=O)c1ccc(Br)c(F)c1. The zero-order valence-electron chi connectivity index (χ0n) is 8.02. The molecule has 1 nitrogen and oxygen atoms in total. The van der Waals surface area contributed by atoms with E-state index in [1.165, 1.54) is 6.07 Å². The molecule has 0 bridgehead atoms. The first-order valence-corrected chi connectivity index (χ1v) is 5.42. The number of unbranched alkanes of at least 4 members (excludes halogenated alkanes) is 1. The van der Waals surface area contributed by atoms with Crippen LogP contribution in [0, 0.1) is 5.82 Å². The van der Waals surface area contributed by atoms with E-state index in [4.69, 9.17) is 0 Å². The molecule has 0 N–H and O–H groups in total. The maximum Gasteiger partial charge on any atom is 0.162 e. The summed E-state index contributed by atoms with van der Waals surface area (Å²) in [5.41, 5.74) is 0.458. The van der Waals surface area contributed by atoms with E-state index < -0.39 is 0 Å². The fraction of sp³-hybridized carbons (Fsp3) is 0.364. The first-order valence-electron chi connectivity index (χ1n) is 4.63. The van der Waals surface area contributed by atoms with E-state index in [0.717, 1.165) is 12.8 Å². The number of hydrogen-bond donors (Lipinski definition) is 0. The molecule has 0 amide bonds. The molecule has 0 aliphatic carbocycles. The molecule has 1 aromatic rings. The summed E-state index contributed by atoms with van der Waals surface area (Å²) in [5, 5.41) is 0. The maximum absolute atomic E-state index is 13.1. The number of carbonyl (C=O) groups excluding carboxylic acids is 1. The lowest BCUT2D eigenvalue weighted by Gasteiger charge is -2.01. The maximum atomic E-state index is 13.1. The van der Waals surface area contributed by atoms with Gasteiger partial charge in [0, 0.05) is 12.0 Å². The van der Waals surface area contributed by atoms with Crippen molar-refractivity contribution >= 4 is 21.7 Å². The van der Waals surface area contributed by atoms with Gasteiger partial charge >= 0.3 is 0 Å². The Kier molecular flexibility index (Phi) is 4.26. The molecule has 0 unspecified atom stereocenters. The highest BCUT2D eigenvalue weighted by atomic mass is 79.9. The van der Waals surface area contributed by atoms with Crippen molar-refractivity contribution < 1.29 is 9.18 Å². The lowest BCUT2D eigenvalue weighted by Crippen LogP contribution is -1.99. The fourth-order valence-corrected chi connectivity index (χ4v) is 1.40. The fourth-order valence-electron chi connectivity index (χ4n) is 1.15. The van der Waals surface area contributed by atoms with Gasteiger partial charge in [-0.1, -0.05) is 19.4 Å². The number of ketones is 1. The first-order chi connectivity index (χ1) is 6.65. The molecule has 0 saturated heterocycles. The molecule has 0 radical (unpaired) electrons. The predicted molar refractivity (Wildman–Crippen MR) is 58.0 cm³/mol. The molecule has 0 saturated carbocycles. The summed E-state index contributed by atoms with van der Waals surface area (Å²) in [5.74, 6) is -0.370. The Labute approximate surface area is 91.5 Å². The monoisotopic (exact) mass is 258 g/mol. The molecule has 0 fully saturated rings. The van der Waals surface area contributed by atoms with Gasteiger partial charge in [-0.25, -0.2) is 4.39 Å². The van der Waals surface area contributed by atoms with Gasteiger partial charge in [-0.05, 0) is 34.5 Å². The van der Waals surface area contributed by atoms with Crippen molar-refractivity contribution in [1.82, 2.24) is 0 Å². The highest BCUT2D eigenvalue weighted by molar-refractivity contribution is 9.10. The Hall–Kier alpha value is -0.700. The second kappa shape index (κ2) is 5.25. The van der Waals surface area contributed by atoms with Crippen LogP contribution < -0.4 is 0 Å². The molecule has 0 heterocycles. The summed E-state index contributed by atoms with van der Waals surface area (Å²) in [4.78, 5) is 11.5. The van der Waals surface area contributed by atoms with Crippen molar-refractivity contribution in [2.75, 3.05) is 0 Å². The first kappa shape index (κ1) is 11.4. The second-order valence-corrected chi connectivity index (χ2v) is 4.01. The van der Waals surface area contributed by atoms with Crippen LogP contribution in [0.3, 0.4) is 0 Å². The Morgan fingerprint density at radius 1 is 1.50 bits per heavy atom. The Bertz CT molecular complexity index is 336. The molecule has 1 aromatic carbocycles. The van der Waals surface area contributed by atoms with E-state index in [0.29, 0.717) is 16.5 Å². The normalized spacial score (nSPS) is 10.2. The molecule has 1 rings (SSSR count). The topological polar surface area (TPSA) is 17.1 Å². The number of benzene rings is 1. The van der Waals surface area contributed by atoms with Crippen molar-refractivity contribution in [3.8, 4) is 0 Å². The molecule has 76 valence electrons. The third kappa shape index (κ3) is 2.91. The number of halogens is 2. The Balaban J connectivity index is 2.76. The van der Waals surface area contributed by atoms with Gasteiger partial charge < -0.3 is 0 Å². The average Bonchev–Trinajstić information content (AvgIpc) is 2.18. The van der Waals surface area contributed by atoms with Gasteiger partial charge in [-0.2, -0.15) is 0 Å². The molecule has 0 aromatic heterocycles. The van der Waals surface area contributed by atoms with E-state index in [9.17, 15) is 9.18 Å². The minimum Gasteiger partial charge on any atom is -0.294 e. The predicted octanol–water partition coefficient (Wildman–Crippen LogP) is 3.96. The minimum atomic E-state index is -0.382. The van der Waals surface area contributed by atoms with Crippen molar-refractivity contribution in [3.05, 3.63) is 34.1 Å². The summed E-state index contributed by atoms with van der Waals surface area (Å²) in [6, 6.07) is 4.49. The highest BCUT2D eigenvalue weighted by Gasteiger charge is 2.07. The van der Waals surface area contributed by atoms with Crippen molar-refractivity contribution in [2.24, 2.45) is 0 Å². The van der Waals surface area contributed by atoms with Gasteiger partial charge in [-0.15, -0.1) is 0 Å². The van der Waals surface area contributed by atoms with Gasteiger partial charge in [0.15, 0.2) is 5.78 Å². The average molecular weight is 259 g/mol. The van der Waals surface area contributed by atoms with Crippen LogP contribution in [0.4, 0.5) is 4.39 Å². The Morgan fingerprint density at radius 2 is 2.21 bits per heavy atom. The van der Waals surface area contributed by atoms with Gasteiger partial charge in [-0.3, -0.25) is 4.79 Å². The van der Waals surface area contributed by atoms with Crippen LogP contribution in [-0.4, -0.2) is 5.78 Å². The van der Waals surface area contributed by atoms with Gasteiger partial charge in [0.2, 0.25) is 0 Å². The number of rotatable bonds is 4. The molecule has 0 atom stereocenters. The summed E-state index contributed by atoms with van der Waals surface area (Å²) < 4.78 is 13.5. The van der Waals surface area contributed by atoms with Crippen molar-refractivity contribution in [3.63, 3.8) is 0 Å². The van der Waals surface area contributed by atoms with Crippen LogP contribution in [0.5, 0.6) is 0 Å². The van der Waals surface area contributed by atoms with Crippen LogP contribution in [0.15, 0.2) is 22.7 Å². The van der Waals surface area contributed by atoms with E-state index in [2.05, 4.69) is 15.9 Å². The summed E-state index contributed by atoms with van der Waals surface area (Å²) in [6.45, 7) is 2.02. The van der Waals surface area contributed by atoms with E-state index in [1.54, 1.807) is 12.1 Å². The number of Topliss-reactive ketones (excluding diaryl/α,β-unsaturated/α-hetero) is 1. The third-order valence-corrected chi connectivity index (χ3v) is 2.64. The van der Waals surface area contributed by atoms with Gasteiger partial charge in [0.1, 0.15) is 5.82 Å². The molecule has 0 spiro atoms. The number of hydrogen-bond acceptors (Lipinski definition) is 1. The second-order valence-electron chi connectivity index (χ2n) is 3.16. The van der Waals surface area contributed by atoms with E-state index in [-0.39, 0.29) is 11.6 Å². The third-order valence-electron chi connectivity index (χ3n) is 2.00. The van der Waals surface area contributed by atoms with Crippen LogP contribution in [0.2, 0.25) is 0 Å². The van der Waals surface area contributed by atoms with Crippen LogP contribution in [0.1, 0.15) is 36.5 Å². The van der Waals surface area contributed by atoms with Crippen LogP contribution >= 0.6 is 15.9 Å². The van der Waals surface area contributed by atoms with Gasteiger partial charge in [0.05, 0.1) is 4.47 Å². The highest BCUT2D eigenvalue weighted by Crippen LogP contribution is 2.17. The van der Waals surface area contributed by atoms with Gasteiger partial charge in [0.25, 0.3) is 0 Å². The molecular formula is C11H12BrFO. The van der Waals surface area contributed by atoms with Crippen LogP contribution in [-0.2, 0) is 0 Å². The zero-order chi connectivity index (χ0) is 10.6. The molecule has 0 aliphatic heterocycles. The molecule has 14 heavy (non-hydrogen) atoms. The summed E-state index contributed by atoms with van der Waals surface area (Å²) in [7, 11) is 0.